The molecule has 6 aromatic rings. The Labute approximate surface area is 192 Å². The Morgan fingerprint density at radius 1 is 0.909 bits per heavy atom. The van der Waals surface area contributed by atoms with Crippen LogP contribution in [0.3, 0.4) is 0 Å². The van der Waals surface area contributed by atoms with E-state index < -0.39 is 0 Å². The van der Waals surface area contributed by atoms with Gasteiger partial charge in [0.1, 0.15) is 16.5 Å². The zero-order chi connectivity index (χ0) is 22.2. The molecule has 33 heavy (non-hydrogen) atoms. The maximum absolute atomic E-state index is 13.2. The molecule has 2 aromatic carbocycles. The maximum atomic E-state index is 13.2. The van der Waals surface area contributed by atoms with Crippen LogP contribution in [-0.4, -0.2) is 37.0 Å². The second kappa shape index (κ2) is 8.07. The summed E-state index contributed by atoms with van der Waals surface area (Å²) in [5.74, 6) is 0.658. The van der Waals surface area contributed by atoms with Gasteiger partial charge in [-0.05, 0) is 36.4 Å². The normalized spacial score (nSPS) is 11.4. The highest BCUT2D eigenvalue weighted by molar-refractivity contribution is 7.21. The molecular weight excluding hydrogens is 432 g/mol. The zero-order valence-electron chi connectivity index (χ0n) is 17.5. The molecule has 4 aromatic heterocycles. The van der Waals surface area contributed by atoms with E-state index >= 15 is 0 Å². The minimum atomic E-state index is -0.148. The Morgan fingerprint density at radius 3 is 2.64 bits per heavy atom. The summed E-state index contributed by atoms with van der Waals surface area (Å²) in [7, 11) is 0. The molecule has 0 bridgehead atoms. The topological polar surface area (TPSA) is 85.1 Å². The van der Waals surface area contributed by atoms with Crippen molar-refractivity contribution in [3.8, 4) is 10.7 Å². The van der Waals surface area contributed by atoms with E-state index in [2.05, 4.69) is 15.5 Å². The highest BCUT2D eigenvalue weighted by Crippen LogP contribution is 2.31. The molecule has 4 heterocycles. The number of fused-ring (bicyclic) bond motifs is 3. The third-order valence-corrected chi connectivity index (χ3v) is 6.55. The first-order valence-corrected chi connectivity index (χ1v) is 11.4. The molecule has 7 nitrogen and oxygen atoms in total. The summed E-state index contributed by atoms with van der Waals surface area (Å²) < 4.78 is 3.02. The quantitative estimate of drug-likeness (QED) is 0.417. The van der Waals surface area contributed by atoms with E-state index in [4.69, 9.17) is 9.97 Å². The Bertz CT molecular complexity index is 1600. The number of benzene rings is 2. The van der Waals surface area contributed by atoms with Gasteiger partial charge in [-0.1, -0.05) is 36.4 Å². The molecule has 0 saturated heterocycles. The molecule has 0 saturated carbocycles. The third-order valence-electron chi connectivity index (χ3n) is 5.49. The summed E-state index contributed by atoms with van der Waals surface area (Å²) in [6.45, 7) is 0.446. The van der Waals surface area contributed by atoms with Crippen molar-refractivity contribution >= 4 is 44.0 Å². The fraction of sp³-hybridized carbons (Fsp3) is 0.0800. The zero-order valence-corrected chi connectivity index (χ0v) is 18.3. The van der Waals surface area contributed by atoms with Crippen molar-refractivity contribution in [1.29, 1.82) is 0 Å². The minimum absolute atomic E-state index is 0.148. The summed E-state index contributed by atoms with van der Waals surface area (Å²) in [6, 6.07) is 23.3. The van der Waals surface area contributed by atoms with Gasteiger partial charge in [0.25, 0.3) is 5.91 Å². The van der Waals surface area contributed by atoms with Crippen LogP contribution in [0.2, 0.25) is 0 Å². The average molecular weight is 451 g/mol. The predicted octanol–water partition coefficient (Wildman–Crippen LogP) is 4.53. The van der Waals surface area contributed by atoms with E-state index in [0.29, 0.717) is 24.2 Å². The van der Waals surface area contributed by atoms with Gasteiger partial charge in [-0.15, -0.1) is 21.5 Å². The van der Waals surface area contributed by atoms with Crippen LogP contribution in [0.15, 0.2) is 79.0 Å². The molecule has 6 rings (SSSR count). The van der Waals surface area contributed by atoms with Crippen molar-refractivity contribution in [2.45, 2.75) is 6.42 Å². The van der Waals surface area contributed by atoms with E-state index in [1.807, 2.05) is 83.4 Å². The van der Waals surface area contributed by atoms with E-state index in [0.717, 1.165) is 37.6 Å². The number of amides is 1. The lowest BCUT2D eigenvalue weighted by Gasteiger charge is -2.09. The lowest BCUT2D eigenvalue weighted by atomic mass is 10.1. The van der Waals surface area contributed by atoms with Crippen molar-refractivity contribution in [2.75, 3.05) is 6.54 Å². The van der Waals surface area contributed by atoms with Crippen LogP contribution in [0.1, 0.15) is 16.2 Å². The smallest absolute Gasteiger partial charge is 0.252 e. The molecule has 1 amide bonds. The highest BCUT2D eigenvalue weighted by atomic mass is 32.1. The number of carbonyl (C=O) groups excluding carboxylic acids is 1. The number of thiazole rings is 1. The largest absolute Gasteiger partial charge is 0.352 e. The summed E-state index contributed by atoms with van der Waals surface area (Å²) in [5, 5.41) is 13.0. The van der Waals surface area contributed by atoms with Crippen molar-refractivity contribution < 1.29 is 4.79 Å². The third kappa shape index (κ3) is 3.60. The van der Waals surface area contributed by atoms with Gasteiger partial charge in [0.05, 0.1) is 21.3 Å². The number of carbonyl (C=O) groups is 1. The van der Waals surface area contributed by atoms with Crippen LogP contribution in [0, 0.1) is 0 Å². The highest BCUT2D eigenvalue weighted by Gasteiger charge is 2.16. The number of nitrogens with one attached hydrogen (secondary N) is 1. The van der Waals surface area contributed by atoms with Crippen molar-refractivity contribution in [2.24, 2.45) is 0 Å². The molecule has 0 atom stereocenters. The lowest BCUT2D eigenvalue weighted by molar-refractivity contribution is 0.0955. The molecule has 0 unspecified atom stereocenters. The molecule has 8 heteroatoms. The fourth-order valence-electron chi connectivity index (χ4n) is 3.90. The first kappa shape index (κ1) is 19.5. The molecule has 160 valence electrons. The Hall–Kier alpha value is -4.17. The minimum Gasteiger partial charge on any atom is -0.352 e. The summed E-state index contributed by atoms with van der Waals surface area (Å²) >= 11 is 1.57. The standard InChI is InChI=1S/C25H18N6OS/c32-24(26-13-12-23-30-29-22-11-5-6-14-31(22)23)17-15-20(27-18-8-2-1-7-16(17)18)25-28-19-9-3-4-10-21(19)33-25/h1-11,14-15H,12-13H2,(H,26,32). The molecule has 0 radical (unpaired) electrons. The number of hydrogen-bond donors (Lipinski definition) is 1. The van der Waals surface area contributed by atoms with Crippen molar-refractivity contribution in [3.63, 3.8) is 0 Å². The van der Waals surface area contributed by atoms with Crippen LogP contribution in [0.5, 0.6) is 0 Å². The van der Waals surface area contributed by atoms with E-state index in [1.165, 1.54) is 0 Å². The Morgan fingerprint density at radius 2 is 1.73 bits per heavy atom. The monoisotopic (exact) mass is 450 g/mol. The summed E-state index contributed by atoms with van der Waals surface area (Å²) in [4.78, 5) is 22.7. The van der Waals surface area contributed by atoms with Crippen LogP contribution in [0.25, 0.3) is 37.5 Å². The first-order chi connectivity index (χ1) is 16.3. The molecular formula is C25H18N6OS. The Balaban J connectivity index is 1.30. The second-order valence-electron chi connectivity index (χ2n) is 7.61. The van der Waals surface area contributed by atoms with E-state index in [-0.39, 0.29) is 5.91 Å². The average Bonchev–Trinajstić information content (AvgIpc) is 3.48. The molecule has 0 fully saturated rings. The fourth-order valence-corrected chi connectivity index (χ4v) is 4.83. The predicted molar refractivity (Wildman–Crippen MR) is 129 cm³/mol. The van der Waals surface area contributed by atoms with Gasteiger partial charge >= 0.3 is 0 Å². The van der Waals surface area contributed by atoms with Crippen molar-refractivity contribution in [3.05, 3.63) is 90.4 Å². The molecule has 1 N–H and O–H groups in total. The van der Waals surface area contributed by atoms with Gasteiger partial charge in [-0.3, -0.25) is 9.20 Å². The van der Waals surface area contributed by atoms with Gasteiger partial charge in [0.15, 0.2) is 5.65 Å². The number of pyridine rings is 2. The van der Waals surface area contributed by atoms with E-state index in [9.17, 15) is 4.79 Å². The van der Waals surface area contributed by atoms with Crippen LogP contribution < -0.4 is 5.32 Å². The lowest BCUT2D eigenvalue weighted by Crippen LogP contribution is -2.26. The van der Waals surface area contributed by atoms with Gasteiger partial charge in [0.2, 0.25) is 0 Å². The Kier molecular flexibility index (Phi) is 4.77. The van der Waals surface area contributed by atoms with Gasteiger partial charge < -0.3 is 5.32 Å². The van der Waals surface area contributed by atoms with Crippen LogP contribution in [0.4, 0.5) is 0 Å². The molecule has 0 aliphatic heterocycles. The number of para-hydroxylation sites is 2. The number of aromatic nitrogens is 5. The molecule has 0 aliphatic carbocycles. The van der Waals surface area contributed by atoms with Crippen LogP contribution in [-0.2, 0) is 6.42 Å². The van der Waals surface area contributed by atoms with Crippen LogP contribution >= 0.6 is 11.3 Å². The number of rotatable bonds is 5. The summed E-state index contributed by atoms with van der Waals surface area (Å²) in [6.07, 6.45) is 2.50. The SMILES string of the molecule is O=C(NCCc1nnc2ccccn12)c1cc(-c2nc3ccccc3s2)nc2ccccc12. The molecule has 0 aliphatic rings. The second-order valence-corrected chi connectivity index (χ2v) is 8.64. The van der Waals surface area contributed by atoms with Gasteiger partial charge in [0, 0.05) is 24.5 Å². The van der Waals surface area contributed by atoms with Crippen molar-refractivity contribution in [1.82, 2.24) is 29.9 Å². The first-order valence-electron chi connectivity index (χ1n) is 10.6. The molecule has 0 spiro atoms. The van der Waals surface area contributed by atoms with Gasteiger partial charge in [-0.2, -0.15) is 0 Å². The van der Waals surface area contributed by atoms with Gasteiger partial charge in [-0.25, -0.2) is 9.97 Å². The maximum Gasteiger partial charge on any atom is 0.252 e. The number of hydrogen-bond acceptors (Lipinski definition) is 6. The number of nitrogens with zero attached hydrogens (tertiary/aromatic N) is 5. The van der Waals surface area contributed by atoms with E-state index in [1.54, 1.807) is 11.3 Å². The summed E-state index contributed by atoms with van der Waals surface area (Å²) in [5.41, 5.74) is 3.77.